The maximum absolute atomic E-state index is 12.4. The molecule has 0 unspecified atom stereocenters. The number of rotatable bonds is 4. The Morgan fingerprint density at radius 1 is 1.13 bits per heavy atom. The standard InChI is InChI=1S/C18H20O5/c1-3-23-17(20)13-10-7-11-14(19)16(18(21)22-2)15(13)12-8-5-4-6-9-12/h4-6,8-9,19H,3,7,10-11H2,1-2H3. The summed E-state index contributed by atoms with van der Waals surface area (Å²) in [7, 11) is 1.25. The highest BCUT2D eigenvalue weighted by atomic mass is 16.5. The molecule has 0 bridgehead atoms. The van der Waals surface area contributed by atoms with Crippen molar-refractivity contribution < 1.29 is 24.2 Å². The lowest BCUT2D eigenvalue weighted by Crippen LogP contribution is -2.15. The van der Waals surface area contributed by atoms with Gasteiger partial charge in [-0.2, -0.15) is 0 Å². The van der Waals surface area contributed by atoms with Gasteiger partial charge in [-0.25, -0.2) is 9.59 Å². The van der Waals surface area contributed by atoms with E-state index in [1.54, 1.807) is 19.1 Å². The van der Waals surface area contributed by atoms with Crippen LogP contribution in [0.25, 0.3) is 5.57 Å². The molecule has 0 amide bonds. The van der Waals surface area contributed by atoms with Crippen molar-refractivity contribution in [3.05, 3.63) is 52.8 Å². The Morgan fingerprint density at radius 2 is 1.83 bits per heavy atom. The number of carbonyl (C=O) groups is 2. The SMILES string of the molecule is CCOC(=O)C1=C(c2ccccc2)C(C(=O)OC)=C(O)CCC1. The molecule has 0 atom stereocenters. The number of allylic oxidation sites excluding steroid dienone is 1. The van der Waals surface area contributed by atoms with Gasteiger partial charge in [-0.3, -0.25) is 0 Å². The zero-order valence-electron chi connectivity index (χ0n) is 13.3. The van der Waals surface area contributed by atoms with Crippen LogP contribution in [-0.4, -0.2) is 30.8 Å². The van der Waals surface area contributed by atoms with E-state index in [1.807, 2.05) is 18.2 Å². The average molecular weight is 316 g/mol. The number of esters is 2. The van der Waals surface area contributed by atoms with Gasteiger partial charge in [0.15, 0.2) is 0 Å². The first-order valence-corrected chi connectivity index (χ1v) is 7.56. The normalized spacial score (nSPS) is 15.2. The van der Waals surface area contributed by atoms with Crippen molar-refractivity contribution in [3.8, 4) is 0 Å². The van der Waals surface area contributed by atoms with Crippen LogP contribution in [0.4, 0.5) is 0 Å². The first-order chi connectivity index (χ1) is 11.1. The van der Waals surface area contributed by atoms with Gasteiger partial charge in [-0.1, -0.05) is 30.3 Å². The van der Waals surface area contributed by atoms with Crippen molar-refractivity contribution in [1.82, 2.24) is 0 Å². The molecule has 1 aromatic rings. The van der Waals surface area contributed by atoms with Crippen LogP contribution in [0.3, 0.4) is 0 Å². The number of aliphatic hydroxyl groups is 1. The molecule has 0 aromatic heterocycles. The molecule has 1 aromatic carbocycles. The van der Waals surface area contributed by atoms with Gasteiger partial charge in [0.05, 0.1) is 13.7 Å². The Hall–Kier alpha value is -2.56. The molecule has 1 aliphatic rings. The largest absolute Gasteiger partial charge is 0.511 e. The quantitative estimate of drug-likeness (QED) is 0.864. The molecular formula is C18H20O5. The summed E-state index contributed by atoms with van der Waals surface area (Å²) in [6, 6.07) is 9.03. The summed E-state index contributed by atoms with van der Waals surface area (Å²) in [6.45, 7) is 1.97. The van der Waals surface area contributed by atoms with Gasteiger partial charge in [-0.15, -0.1) is 0 Å². The number of ether oxygens (including phenoxy) is 2. The van der Waals surface area contributed by atoms with Crippen molar-refractivity contribution in [3.63, 3.8) is 0 Å². The molecule has 0 heterocycles. The Morgan fingerprint density at radius 3 is 2.43 bits per heavy atom. The molecular weight excluding hydrogens is 296 g/mol. The van der Waals surface area contributed by atoms with Crippen molar-refractivity contribution >= 4 is 17.5 Å². The predicted octanol–water partition coefficient (Wildman–Crippen LogP) is 3.17. The van der Waals surface area contributed by atoms with Gasteiger partial charge in [0.2, 0.25) is 0 Å². The van der Waals surface area contributed by atoms with E-state index in [-0.39, 0.29) is 17.9 Å². The van der Waals surface area contributed by atoms with Crippen LogP contribution in [-0.2, 0) is 19.1 Å². The first kappa shape index (κ1) is 16.8. The fourth-order valence-corrected chi connectivity index (χ4v) is 2.65. The first-order valence-electron chi connectivity index (χ1n) is 7.56. The number of carbonyl (C=O) groups excluding carboxylic acids is 2. The van der Waals surface area contributed by atoms with Crippen molar-refractivity contribution in [2.45, 2.75) is 26.2 Å². The minimum atomic E-state index is -0.662. The number of methoxy groups -OCH3 is 1. The van der Waals surface area contributed by atoms with Crippen molar-refractivity contribution in [2.75, 3.05) is 13.7 Å². The molecule has 122 valence electrons. The van der Waals surface area contributed by atoms with Gasteiger partial charge in [0, 0.05) is 17.6 Å². The van der Waals surface area contributed by atoms with E-state index in [1.165, 1.54) is 7.11 Å². The van der Waals surface area contributed by atoms with E-state index in [0.29, 0.717) is 36.0 Å². The summed E-state index contributed by atoms with van der Waals surface area (Å²) in [5, 5.41) is 10.3. The molecule has 0 saturated carbocycles. The highest BCUT2D eigenvalue weighted by Crippen LogP contribution is 2.36. The maximum atomic E-state index is 12.4. The molecule has 0 saturated heterocycles. The second kappa shape index (κ2) is 7.63. The second-order valence-electron chi connectivity index (χ2n) is 5.11. The topological polar surface area (TPSA) is 72.8 Å². The van der Waals surface area contributed by atoms with Gasteiger partial charge in [0.25, 0.3) is 0 Å². The van der Waals surface area contributed by atoms with Crippen molar-refractivity contribution in [1.29, 1.82) is 0 Å². The summed E-state index contributed by atoms with van der Waals surface area (Å²) in [4.78, 5) is 24.6. The smallest absolute Gasteiger partial charge is 0.341 e. The highest BCUT2D eigenvalue weighted by molar-refractivity contribution is 6.13. The third-order valence-corrected chi connectivity index (χ3v) is 3.65. The molecule has 23 heavy (non-hydrogen) atoms. The Kier molecular flexibility index (Phi) is 5.57. The lowest BCUT2D eigenvalue weighted by atomic mass is 9.92. The van der Waals surface area contributed by atoms with Crippen LogP contribution in [0.5, 0.6) is 0 Å². The molecule has 1 N–H and O–H groups in total. The second-order valence-corrected chi connectivity index (χ2v) is 5.11. The fraction of sp³-hybridized carbons (Fsp3) is 0.333. The van der Waals surface area contributed by atoms with E-state index in [4.69, 9.17) is 9.47 Å². The summed E-state index contributed by atoms with van der Waals surface area (Å²) < 4.78 is 9.94. The molecule has 1 aliphatic carbocycles. The van der Waals surface area contributed by atoms with Gasteiger partial charge in [-0.05, 0) is 25.3 Å². The number of hydrogen-bond donors (Lipinski definition) is 1. The van der Waals surface area contributed by atoms with E-state index < -0.39 is 11.9 Å². The molecule has 0 aliphatic heterocycles. The summed E-state index contributed by atoms with van der Waals surface area (Å²) in [6.07, 6.45) is 1.29. The van der Waals surface area contributed by atoms with Crippen LogP contribution in [0, 0.1) is 0 Å². The van der Waals surface area contributed by atoms with Crippen LogP contribution in [0.15, 0.2) is 47.2 Å². The number of aliphatic hydroxyl groups excluding tert-OH is 1. The summed E-state index contributed by atoms with van der Waals surface area (Å²) in [5.74, 6) is -1.19. The van der Waals surface area contributed by atoms with E-state index >= 15 is 0 Å². The average Bonchev–Trinajstić information content (AvgIpc) is 2.74. The molecule has 5 nitrogen and oxygen atoms in total. The third-order valence-electron chi connectivity index (χ3n) is 3.65. The van der Waals surface area contributed by atoms with Gasteiger partial charge >= 0.3 is 11.9 Å². The molecule has 0 spiro atoms. The molecule has 2 rings (SSSR count). The van der Waals surface area contributed by atoms with Crippen molar-refractivity contribution in [2.24, 2.45) is 0 Å². The molecule has 5 heteroatoms. The molecule has 0 fully saturated rings. The number of benzene rings is 1. The van der Waals surface area contributed by atoms with Crippen LogP contribution < -0.4 is 0 Å². The summed E-state index contributed by atoms with van der Waals surface area (Å²) in [5.41, 5.74) is 1.50. The lowest BCUT2D eigenvalue weighted by molar-refractivity contribution is -0.138. The molecule has 0 radical (unpaired) electrons. The van der Waals surface area contributed by atoms with Gasteiger partial charge in [0.1, 0.15) is 11.3 Å². The minimum Gasteiger partial charge on any atom is -0.511 e. The van der Waals surface area contributed by atoms with Crippen LogP contribution in [0.1, 0.15) is 31.7 Å². The highest BCUT2D eigenvalue weighted by Gasteiger charge is 2.30. The van der Waals surface area contributed by atoms with E-state index in [2.05, 4.69) is 0 Å². The van der Waals surface area contributed by atoms with E-state index in [9.17, 15) is 14.7 Å². The predicted molar refractivity (Wildman–Crippen MR) is 85.5 cm³/mol. The van der Waals surface area contributed by atoms with E-state index in [0.717, 1.165) is 0 Å². The van der Waals surface area contributed by atoms with Crippen LogP contribution in [0.2, 0.25) is 0 Å². The Labute approximate surface area is 135 Å². The van der Waals surface area contributed by atoms with Gasteiger partial charge < -0.3 is 14.6 Å². The maximum Gasteiger partial charge on any atom is 0.341 e. The number of hydrogen-bond acceptors (Lipinski definition) is 5. The zero-order chi connectivity index (χ0) is 16.8. The monoisotopic (exact) mass is 316 g/mol. The minimum absolute atomic E-state index is 0.0410. The fourth-order valence-electron chi connectivity index (χ4n) is 2.65. The summed E-state index contributed by atoms with van der Waals surface area (Å²) >= 11 is 0. The zero-order valence-corrected chi connectivity index (χ0v) is 13.3. The Bertz CT molecular complexity index is 655. The lowest BCUT2D eigenvalue weighted by Gasteiger charge is -2.15. The van der Waals surface area contributed by atoms with Crippen LogP contribution >= 0.6 is 0 Å². The Balaban J connectivity index is 2.71. The third kappa shape index (κ3) is 3.62.